The maximum Gasteiger partial charge on any atom is 0.326 e. The molecule has 120 valence electrons. The van der Waals surface area contributed by atoms with Gasteiger partial charge in [0.2, 0.25) is 0 Å². The van der Waals surface area contributed by atoms with E-state index in [4.69, 9.17) is 19.9 Å². The minimum absolute atomic E-state index is 0.0220. The summed E-state index contributed by atoms with van der Waals surface area (Å²) in [7, 11) is 0. The molecule has 7 nitrogen and oxygen atoms in total. The lowest BCUT2D eigenvalue weighted by atomic mass is 9.96. The van der Waals surface area contributed by atoms with Gasteiger partial charge in [0.25, 0.3) is 0 Å². The monoisotopic (exact) mass is 301 g/mol. The van der Waals surface area contributed by atoms with Crippen LogP contribution in [0.1, 0.15) is 33.6 Å². The lowest BCUT2D eigenvalue weighted by molar-refractivity contribution is -0.158. The number of esters is 3. The Morgan fingerprint density at radius 1 is 0.905 bits per heavy atom. The smallest absolute Gasteiger partial charge is 0.326 e. The summed E-state index contributed by atoms with van der Waals surface area (Å²) < 4.78 is 14.9. The van der Waals surface area contributed by atoms with Gasteiger partial charge in [-0.1, -0.05) is 0 Å². The number of carbonyl (C=O) groups excluding carboxylic acids is 3. The van der Waals surface area contributed by atoms with Gasteiger partial charge in [-0.25, -0.2) is 0 Å². The first-order chi connectivity index (χ1) is 9.89. The van der Waals surface area contributed by atoms with Crippen molar-refractivity contribution in [2.24, 2.45) is 17.6 Å². The second kappa shape index (κ2) is 7.40. The molecule has 0 aromatic heterocycles. The minimum Gasteiger partial charge on any atom is -0.466 e. The Balaban J connectivity index is 2.95. The molecule has 1 unspecified atom stereocenters. The molecule has 0 aromatic carbocycles. The van der Waals surface area contributed by atoms with E-state index in [0.29, 0.717) is 0 Å². The number of nitrogens with two attached hydrogens (primary N) is 1. The fourth-order valence-electron chi connectivity index (χ4n) is 2.59. The van der Waals surface area contributed by atoms with E-state index in [1.807, 2.05) is 0 Å². The van der Waals surface area contributed by atoms with Crippen molar-refractivity contribution in [2.45, 2.75) is 39.2 Å². The summed E-state index contributed by atoms with van der Waals surface area (Å²) in [5.74, 6) is -3.23. The fraction of sp³-hybridized carbons (Fsp3) is 0.786. The summed E-state index contributed by atoms with van der Waals surface area (Å²) in [4.78, 5) is 36.0. The van der Waals surface area contributed by atoms with Gasteiger partial charge in [-0.05, 0) is 33.6 Å². The Labute approximate surface area is 124 Å². The van der Waals surface area contributed by atoms with E-state index in [1.54, 1.807) is 20.8 Å². The predicted octanol–water partition coefficient (Wildman–Crippen LogP) is 0.399. The zero-order chi connectivity index (χ0) is 16.0. The Bertz CT molecular complexity index is 382. The molecule has 0 radical (unpaired) electrons. The second-order valence-electron chi connectivity index (χ2n) is 5.00. The zero-order valence-corrected chi connectivity index (χ0v) is 12.7. The van der Waals surface area contributed by atoms with Gasteiger partial charge in [-0.2, -0.15) is 0 Å². The molecule has 0 saturated heterocycles. The fourth-order valence-corrected chi connectivity index (χ4v) is 2.59. The van der Waals surface area contributed by atoms with Crippen LogP contribution < -0.4 is 5.73 Å². The molecule has 7 heteroatoms. The van der Waals surface area contributed by atoms with Gasteiger partial charge < -0.3 is 19.9 Å². The maximum atomic E-state index is 12.0. The van der Waals surface area contributed by atoms with Gasteiger partial charge in [-0.15, -0.1) is 0 Å². The van der Waals surface area contributed by atoms with Gasteiger partial charge in [0.05, 0.1) is 31.7 Å². The summed E-state index contributed by atoms with van der Waals surface area (Å²) in [6, 6.07) is 0. The van der Waals surface area contributed by atoms with Crippen LogP contribution >= 0.6 is 0 Å². The van der Waals surface area contributed by atoms with Gasteiger partial charge >= 0.3 is 17.9 Å². The normalized spacial score (nSPS) is 28.0. The molecular formula is C14H23NO6. The molecule has 2 N–H and O–H groups in total. The van der Waals surface area contributed by atoms with E-state index in [9.17, 15) is 14.4 Å². The average Bonchev–Trinajstić information content (AvgIpc) is 2.79. The molecule has 1 fully saturated rings. The third-order valence-corrected chi connectivity index (χ3v) is 3.51. The van der Waals surface area contributed by atoms with Crippen LogP contribution in [0, 0.1) is 11.8 Å². The number of hydrogen-bond donors (Lipinski definition) is 1. The lowest BCUT2D eigenvalue weighted by Crippen LogP contribution is -2.47. The average molecular weight is 301 g/mol. The zero-order valence-electron chi connectivity index (χ0n) is 12.7. The quantitative estimate of drug-likeness (QED) is 0.559. The SMILES string of the molecule is CCOC(=O)C1C[C@](N)(C(=O)OCC)C[C@@H]1C(=O)OCC. The molecule has 0 amide bonds. The molecular weight excluding hydrogens is 278 g/mol. The van der Waals surface area contributed by atoms with Gasteiger partial charge in [0, 0.05) is 0 Å². The van der Waals surface area contributed by atoms with Crippen molar-refractivity contribution in [3.63, 3.8) is 0 Å². The first kappa shape index (κ1) is 17.4. The molecule has 0 aromatic rings. The van der Waals surface area contributed by atoms with Crippen molar-refractivity contribution in [2.75, 3.05) is 19.8 Å². The summed E-state index contributed by atoms with van der Waals surface area (Å²) in [5.41, 5.74) is 4.69. The number of carbonyl (C=O) groups is 3. The van der Waals surface area contributed by atoms with Crippen LogP contribution in [-0.4, -0.2) is 43.3 Å². The summed E-state index contributed by atoms with van der Waals surface area (Å²) in [5, 5.41) is 0. The highest BCUT2D eigenvalue weighted by Crippen LogP contribution is 2.40. The van der Waals surface area contributed by atoms with E-state index >= 15 is 0 Å². The Morgan fingerprint density at radius 3 is 1.62 bits per heavy atom. The molecule has 0 heterocycles. The van der Waals surface area contributed by atoms with Crippen molar-refractivity contribution >= 4 is 17.9 Å². The molecule has 0 spiro atoms. The molecule has 1 rings (SSSR count). The third kappa shape index (κ3) is 3.93. The van der Waals surface area contributed by atoms with Crippen molar-refractivity contribution in [3.05, 3.63) is 0 Å². The van der Waals surface area contributed by atoms with E-state index in [1.165, 1.54) is 0 Å². The predicted molar refractivity (Wildman–Crippen MR) is 73.0 cm³/mol. The number of ether oxygens (including phenoxy) is 3. The molecule has 1 saturated carbocycles. The molecule has 3 atom stereocenters. The Morgan fingerprint density at radius 2 is 1.29 bits per heavy atom. The van der Waals surface area contributed by atoms with E-state index in [-0.39, 0.29) is 32.7 Å². The van der Waals surface area contributed by atoms with Crippen LogP contribution in [0.25, 0.3) is 0 Å². The summed E-state index contributed by atoms with van der Waals surface area (Å²) in [6.07, 6.45) is 0.0439. The lowest BCUT2D eigenvalue weighted by Gasteiger charge is -2.21. The highest BCUT2D eigenvalue weighted by molar-refractivity contribution is 5.88. The second-order valence-corrected chi connectivity index (χ2v) is 5.00. The van der Waals surface area contributed by atoms with Crippen molar-refractivity contribution in [1.29, 1.82) is 0 Å². The van der Waals surface area contributed by atoms with Gasteiger partial charge in [0.15, 0.2) is 0 Å². The first-order valence-corrected chi connectivity index (χ1v) is 7.19. The minimum atomic E-state index is -1.36. The molecule has 1 aliphatic rings. The highest BCUT2D eigenvalue weighted by atomic mass is 16.5. The van der Waals surface area contributed by atoms with Crippen molar-refractivity contribution in [3.8, 4) is 0 Å². The van der Waals surface area contributed by atoms with Gasteiger partial charge in [-0.3, -0.25) is 14.4 Å². The van der Waals surface area contributed by atoms with Crippen molar-refractivity contribution in [1.82, 2.24) is 0 Å². The van der Waals surface area contributed by atoms with E-state index < -0.39 is 35.3 Å². The van der Waals surface area contributed by atoms with Crippen molar-refractivity contribution < 1.29 is 28.6 Å². The third-order valence-electron chi connectivity index (χ3n) is 3.51. The Kier molecular flexibility index (Phi) is 6.14. The number of hydrogen-bond acceptors (Lipinski definition) is 7. The van der Waals surface area contributed by atoms with Crippen LogP contribution in [0.2, 0.25) is 0 Å². The molecule has 21 heavy (non-hydrogen) atoms. The van der Waals surface area contributed by atoms with Crippen LogP contribution in [-0.2, 0) is 28.6 Å². The summed E-state index contributed by atoms with van der Waals surface area (Å²) >= 11 is 0. The number of rotatable bonds is 6. The van der Waals surface area contributed by atoms with Gasteiger partial charge in [0.1, 0.15) is 5.54 Å². The Hall–Kier alpha value is -1.63. The topological polar surface area (TPSA) is 105 Å². The molecule has 0 aliphatic heterocycles. The van der Waals surface area contributed by atoms with Crippen LogP contribution in [0.3, 0.4) is 0 Å². The highest BCUT2D eigenvalue weighted by Gasteiger charge is 2.54. The standard InChI is InChI=1S/C14H23NO6/c1-4-19-11(16)9-7-14(15,13(18)21-6-3)8-10(9)12(17)20-5-2/h9-10H,4-8,15H2,1-3H3/t9-,10?,14-/m0/s1. The van der Waals surface area contributed by atoms with Crippen LogP contribution in [0.4, 0.5) is 0 Å². The van der Waals surface area contributed by atoms with Crippen LogP contribution in [0.15, 0.2) is 0 Å². The molecule has 0 bridgehead atoms. The molecule has 1 aliphatic carbocycles. The maximum absolute atomic E-state index is 12.0. The van der Waals surface area contributed by atoms with E-state index in [2.05, 4.69) is 0 Å². The van der Waals surface area contributed by atoms with E-state index in [0.717, 1.165) is 0 Å². The summed E-state index contributed by atoms with van der Waals surface area (Å²) in [6.45, 7) is 5.60. The first-order valence-electron chi connectivity index (χ1n) is 7.19. The largest absolute Gasteiger partial charge is 0.466 e. The van der Waals surface area contributed by atoms with Crippen LogP contribution in [0.5, 0.6) is 0 Å².